The Balaban J connectivity index is 2.97. The Hall–Kier alpha value is -1.66. The van der Waals surface area contributed by atoms with Crippen LogP contribution in [0.25, 0.3) is 0 Å². The predicted octanol–water partition coefficient (Wildman–Crippen LogP) is 2.23. The lowest BCUT2D eigenvalue weighted by atomic mass is 10.1. The van der Waals surface area contributed by atoms with Gasteiger partial charge in [0.2, 0.25) is 0 Å². The van der Waals surface area contributed by atoms with Crippen molar-refractivity contribution in [3.63, 3.8) is 0 Å². The van der Waals surface area contributed by atoms with Gasteiger partial charge in [-0.3, -0.25) is 15.0 Å². The molecule has 1 rings (SSSR count). The van der Waals surface area contributed by atoms with Crippen LogP contribution in [0.2, 0.25) is 0 Å². The summed E-state index contributed by atoms with van der Waals surface area (Å²) in [5.41, 5.74) is 1.92. The van der Waals surface area contributed by atoms with E-state index in [9.17, 15) is 10.1 Å². The van der Waals surface area contributed by atoms with Crippen LogP contribution in [0.3, 0.4) is 0 Å². The van der Waals surface area contributed by atoms with Gasteiger partial charge in [-0.15, -0.1) is 0 Å². The van der Waals surface area contributed by atoms with Gasteiger partial charge in [0.05, 0.1) is 11.5 Å². The molecule has 20 heavy (non-hydrogen) atoms. The summed E-state index contributed by atoms with van der Waals surface area (Å²) in [6, 6.07) is 4.89. The number of likely N-dealkylation sites (N-methyl/N-ethyl adjacent to an activating group) is 1. The molecule has 0 aliphatic heterocycles. The van der Waals surface area contributed by atoms with Crippen LogP contribution in [0, 0.1) is 10.1 Å². The van der Waals surface area contributed by atoms with E-state index in [-0.39, 0.29) is 17.2 Å². The lowest BCUT2D eigenvalue weighted by Gasteiger charge is -2.21. The number of aliphatic hydroxyl groups is 1. The van der Waals surface area contributed by atoms with Gasteiger partial charge in [-0.2, -0.15) is 0 Å². The fraction of sp³-hybridized carbons (Fsp3) is 0.571. The van der Waals surface area contributed by atoms with Gasteiger partial charge in [-0.25, -0.2) is 0 Å². The SMILES string of the molecule is CCCNc1ccc([N+](=O)[O-])cc1CN(CC)CCO. The highest BCUT2D eigenvalue weighted by Crippen LogP contribution is 2.23. The fourth-order valence-electron chi connectivity index (χ4n) is 1.99. The molecule has 0 radical (unpaired) electrons. The summed E-state index contributed by atoms with van der Waals surface area (Å²) in [4.78, 5) is 12.6. The number of aliphatic hydroxyl groups excluding tert-OH is 1. The van der Waals surface area contributed by atoms with E-state index in [1.807, 2.05) is 6.92 Å². The molecule has 0 saturated carbocycles. The minimum Gasteiger partial charge on any atom is -0.395 e. The van der Waals surface area contributed by atoms with Crippen molar-refractivity contribution < 1.29 is 10.0 Å². The molecule has 0 spiro atoms. The van der Waals surface area contributed by atoms with Crippen LogP contribution >= 0.6 is 0 Å². The highest BCUT2D eigenvalue weighted by molar-refractivity contribution is 5.56. The summed E-state index contributed by atoms with van der Waals surface area (Å²) in [6.45, 7) is 6.93. The largest absolute Gasteiger partial charge is 0.395 e. The normalized spacial score (nSPS) is 10.8. The number of nitrogens with zero attached hydrogens (tertiary/aromatic N) is 2. The zero-order chi connectivity index (χ0) is 15.0. The molecule has 6 nitrogen and oxygen atoms in total. The third kappa shape index (κ3) is 4.79. The first-order valence-electron chi connectivity index (χ1n) is 6.96. The van der Waals surface area contributed by atoms with E-state index in [4.69, 9.17) is 5.11 Å². The van der Waals surface area contributed by atoms with Gasteiger partial charge >= 0.3 is 0 Å². The molecule has 0 aliphatic rings. The van der Waals surface area contributed by atoms with E-state index in [0.29, 0.717) is 13.1 Å². The average Bonchev–Trinajstić information content (AvgIpc) is 2.45. The first-order valence-corrected chi connectivity index (χ1v) is 6.96. The number of hydrogen-bond donors (Lipinski definition) is 2. The van der Waals surface area contributed by atoms with Crippen molar-refractivity contribution >= 4 is 11.4 Å². The Morgan fingerprint density at radius 3 is 2.70 bits per heavy atom. The Morgan fingerprint density at radius 1 is 1.40 bits per heavy atom. The van der Waals surface area contributed by atoms with Gasteiger partial charge < -0.3 is 10.4 Å². The maximum atomic E-state index is 10.9. The van der Waals surface area contributed by atoms with Gasteiger partial charge in [0.1, 0.15) is 0 Å². The standard InChI is InChI=1S/C14H23N3O3/c1-3-7-15-14-6-5-13(17(19)20)10-12(14)11-16(4-2)8-9-18/h5-6,10,15,18H,3-4,7-9,11H2,1-2H3. The van der Waals surface area contributed by atoms with E-state index >= 15 is 0 Å². The first kappa shape index (κ1) is 16.4. The number of non-ortho nitro benzene ring substituents is 1. The topological polar surface area (TPSA) is 78.6 Å². The number of hydrogen-bond acceptors (Lipinski definition) is 5. The quantitative estimate of drug-likeness (QED) is 0.536. The van der Waals surface area contributed by atoms with Crippen LogP contribution in [-0.2, 0) is 6.54 Å². The van der Waals surface area contributed by atoms with Crippen molar-refractivity contribution in [3.05, 3.63) is 33.9 Å². The van der Waals surface area contributed by atoms with E-state index in [0.717, 1.165) is 30.8 Å². The molecular formula is C14H23N3O3. The summed E-state index contributed by atoms with van der Waals surface area (Å²) in [7, 11) is 0. The molecule has 6 heteroatoms. The third-order valence-electron chi connectivity index (χ3n) is 3.12. The van der Waals surface area contributed by atoms with Crippen LogP contribution in [0.5, 0.6) is 0 Å². The summed E-state index contributed by atoms with van der Waals surface area (Å²) in [6.07, 6.45) is 0.991. The molecule has 2 N–H and O–H groups in total. The number of nitro benzene ring substituents is 1. The van der Waals surface area contributed by atoms with Crippen molar-refractivity contribution in [2.24, 2.45) is 0 Å². The summed E-state index contributed by atoms with van der Waals surface area (Å²) < 4.78 is 0. The molecule has 0 aliphatic carbocycles. The van der Waals surface area contributed by atoms with Crippen LogP contribution in [0.1, 0.15) is 25.8 Å². The van der Waals surface area contributed by atoms with Crippen LogP contribution in [-0.4, -0.2) is 41.2 Å². The highest BCUT2D eigenvalue weighted by atomic mass is 16.6. The van der Waals surface area contributed by atoms with Gasteiger partial charge in [0, 0.05) is 37.5 Å². The number of nitro groups is 1. The molecule has 0 atom stereocenters. The van der Waals surface area contributed by atoms with E-state index < -0.39 is 0 Å². The molecule has 0 bridgehead atoms. The molecule has 0 saturated heterocycles. The van der Waals surface area contributed by atoms with Crippen LogP contribution < -0.4 is 5.32 Å². The van der Waals surface area contributed by atoms with Crippen molar-refractivity contribution in [2.45, 2.75) is 26.8 Å². The summed E-state index contributed by atoms with van der Waals surface area (Å²) in [5.74, 6) is 0. The number of anilines is 1. The molecule has 0 unspecified atom stereocenters. The van der Waals surface area contributed by atoms with E-state index in [2.05, 4.69) is 17.1 Å². The predicted molar refractivity (Wildman–Crippen MR) is 79.9 cm³/mol. The molecule has 0 heterocycles. The second-order valence-corrected chi connectivity index (χ2v) is 4.62. The van der Waals surface area contributed by atoms with E-state index in [1.165, 1.54) is 6.07 Å². The average molecular weight is 281 g/mol. The number of rotatable bonds is 9. The van der Waals surface area contributed by atoms with Crippen molar-refractivity contribution in [1.82, 2.24) is 4.90 Å². The number of benzene rings is 1. The van der Waals surface area contributed by atoms with Crippen LogP contribution in [0.15, 0.2) is 18.2 Å². The molecule has 1 aromatic rings. The van der Waals surface area contributed by atoms with E-state index in [1.54, 1.807) is 12.1 Å². The van der Waals surface area contributed by atoms with Crippen molar-refractivity contribution in [3.8, 4) is 0 Å². The fourth-order valence-corrected chi connectivity index (χ4v) is 1.99. The van der Waals surface area contributed by atoms with Gasteiger partial charge in [0.25, 0.3) is 5.69 Å². The second-order valence-electron chi connectivity index (χ2n) is 4.62. The Labute approximate surface area is 119 Å². The first-order chi connectivity index (χ1) is 9.62. The van der Waals surface area contributed by atoms with Crippen molar-refractivity contribution in [1.29, 1.82) is 0 Å². The molecule has 112 valence electrons. The smallest absolute Gasteiger partial charge is 0.269 e. The lowest BCUT2D eigenvalue weighted by molar-refractivity contribution is -0.384. The summed E-state index contributed by atoms with van der Waals surface area (Å²) >= 11 is 0. The Bertz CT molecular complexity index is 438. The maximum Gasteiger partial charge on any atom is 0.269 e. The molecule has 0 fully saturated rings. The maximum absolute atomic E-state index is 10.9. The molecule has 1 aromatic carbocycles. The van der Waals surface area contributed by atoms with Gasteiger partial charge in [-0.1, -0.05) is 13.8 Å². The molecule has 0 amide bonds. The summed E-state index contributed by atoms with van der Waals surface area (Å²) in [5, 5.41) is 23.2. The van der Waals surface area contributed by atoms with Crippen molar-refractivity contribution in [2.75, 3.05) is 31.6 Å². The van der Waals surface area contributed by atoms with Crippen LogP contribution in [0.4, 0.5) is 11.4 Å². The van der Waals surface area contributed by atoms with Gasteiger partial charge in [-0.05, 0) is 24.6 Å². The highest BCUT2D eigenvalue weighted by Gasteiger charge is 2.13. The third-order valence-corrected chi connectivity index (χ3v) is 3.12. The zero-order valence-corrected chi connectivity index (χ0v) is 12.1. The zero-order valence-electron chi connectivity index (χ0n) is 12.1. The molecule has 0 aromatic heterocycles. The monoisotopic (exact) mass is 281 g/mol. The molecular weight excluding hydrogens is 258 g/mol. The number of nitrogens with one attached hydrogen (secondary N) is 1. The second kappa shape index (κ2) is 8.50. The Kier molecular flexibility index (Phi) is 6.97. The Morgan fingerprint density at radius 2 is 2.15 bits per heavy atom. The lowest BCUT2D eigenvalue weighted by Crippen LogP contribution is -2.26. The minimum atomic E-state index is -0.380. The minimum absolute atomic E-state index is 0.0838. The van der Waals surface area contributed by atoms with Gasteiger partial charge in [0.15, 0.2) is 0 Å².